The van der Waals surface area contributed by atoms with Crippen LogP contribution in [-0.2, 0) is 10.8 Å². The molecule has 2 aromatic rings. The number of fused-ring (bicyclic) bond motifs is 4. The van der Waals surface area contributed by atoms with E-state index in [0.29, 0.717) is 16.2 Å². The summed E-state index contributed by atoms with van der Waals surface area (Å²) in [6, 6.07) is 22.7. The van der Waals surface area contributed by atoms with E-state index in [-0.39, 0.29) is 0 Å². The van der Waals surface area contributed by atoms with Gasteiger partial charge in [0, 0.05) is 10.8 Å². The van der Waals surface area contributed by atoms with Gasteiger partial charge < -0.3 is 0 Å². The molecule has 0 saturated heterocycles. The third kappa shape index (κ3) is 0.950. The second-order valence-electron chi connectivity index (χ2n) is 7.76. The van der Waals surface area contributed by atoms with Crippen molar-refractivity contribution in [1.82, 2.24) is 0 Å². The smallest absolute Gasteiger partial charge is 0.0149 e. The van der Waals surface area contributed by atoms with E-state index in [1.165, 1.54) is 12.8 Å². The fourth-order valence-corrected chi connectivity index (χ4v) is 6.90. The Morgan fingerprint density at radius 1 is 0.667 bits per heavy atom. The van der Waals surface area contributed by atoms with E-state index < -0.39 is 0 Å². The van der Waals surface area contributed by atoms with E-state index in [0.717, 1.165) is 11.8 Å². The zero-order valence-electron chi connectivity index (χ0n) is 12.8. The van der Waals surface area contributed by atoms with E-state index in [2.05, 4.69) is 74.5 Å². The SMILES string of the molecule is CC1(C)[C@@]2(c3ccccc3)[C@H]3CC[C@@H]3[C@]12c1ccccc1. The maximum absolute atomic E-state index is 2.52. The van der Waals surface area contributed by atoms with Crippen LogP contribution in [-0.4, -0.2) is 0 Å². The lowest BCUT2D eigenvalue weighted by atomic mass is 9.44. The Morgan fingerprint density at radius 3 is 1.38 bits per heavy atom. The van der Waals surface area contributed by atoms with Crippen LogP contribution in [0.3, 0.4) is 0 Å². The molecule has 2 aromatic carbocycles. The quantitative estimate of drug-likeness (QED) is 0.727. The summed E-state index contributed by atoms with van der Waals surface area (Å²) in [5.41, 5.74) is 4.34. The molecule has 0 bridgehead atoms. The molecule has 0 aromatic heterocycles. The van der Waals surface area contributed by atoms with Gasteiger partial charge in [0.25, 0.3) is 0 Å². The normalized spacial score (nSPS) is 41.2. The van der Waals surface area contributed by atoms with Gasteiger partial charge in [0.1, 0.15) is 0 Å². The van der Waals surface area contributed by atoms with Crippen LogP contribution in [0.4, 0.5) is 0 Å². The molecule has 0 nitrogen and oxygen atoms in total. The topological polar surface area (TPSA) is 0 Å². The standard InChI is InChI=1S/C21H22/c1-19(2)20(15-9-5-3-6-10-15)17-13-14-18(17)21(19,20)16-11-7-4-8-12-16/h3-12,17-18H,13-14H2,1-2H3/t17-,18-,20+,21+/m0/s1. The number of benzene rings is 2. The largest absolute Gasteiger partial charge is 0.0622 e. The van der Waals surface area contributed by atoms with Crippen molar-refractivity contribution in [1.29, 1.82) is 0 Å². The fraction of sp³-hybridized carbons (Fsp3) is 0.429. The van der Waals surface area contributed by atoms with E-state index in [9.17, 15) is 0 Å². The molecule has 0 heteroatoms. The van der Waals surface area contributed by atoms with Crippen LogP contribution in [0.5, 0.6) is 0 Å². The summed E-state index contributed by atoms with van der Waals surface area (Å²) in [5.74, 6) is 1.82. The molecule has 0 heterocycles. The number of rotatable bonds is 2. The Morgan fingerprint density at radius 2 is 1.05 bits per heavy atom. The average Bonchev–Trinajstić information content (AvgIpc) is 2.88. The molecule has 3 aliphatic rings. The van der Waals surface area contributed by atoms with Crippen molar-refractivity contribution in [2.24, 2.45) is 17.3 Å². The third-order valence-electron chi connectivity index (χ3n) is 7.38. The van der Waals surface area contributed by atoms with Gasteiger partial charge in [-0.3, -0.25) is 0 Å². The van der Waals surface area contributed by atoms with Gasteiger partial charge in [-0.05, 0) is 41.2 Å². The first kappa shape index (κ1) is 12.0. The minimum absolute atomic E-state index is 0.383. The summed E-state index contributed by atoms with van der Waals surface area (Å²) in [7, 11) is 0. The van der Waals surface area contributed by atoms with Crippen LogP contribution in [0.25, 0.3) is 0 Å². The van der Waals surface area contributed by atoms with Crippen molar-refractivity contribution >= 4 is 0 Å². The molecule has 0 unspecified atom stereocenters. The van der Waals surface area contributed by atoms with Gasteiger partial charge in [-0.15, -0.1) is 0 Å². The number of hydrogen-bond acceptors (Lipinski definition) is 0. The summed E-state index contributed by atoms with van der Waals surface area (Å²) in [5, 5.41) is 0. The lowest BCUT2D eigenvalue weighted by molar-refractivity contribution is -0.0131. The molecule has 106 valence electrons. The minimum Gasteiger partial charge on any atom is -0.0622 e. The first-order valence-electron chi connectivity index (χ1n) is 8.30. The van der Waals surface area contributed by atoms with E-state index in [1.54, 1.807) is 11.1 Å². The Hall–Kier alpha value is -1.56. The predicted octanol–water partition coefficient (Wildman–Crippen LogP) is 4.94. The van der Waals surface area contributed by atoms with Gasteiger partial charge in [0.15, 0.2) is 0 Å². The van der Waals surface area contributed by atoms with E-state index >= 15 is 0 Å². The monoisotopic (exact) mass is 274 g/mol. The Balaban J connectivity index is 1.76. The van der Waals surface area contributed by atoms with Gasteiger partial charge >= 0.3 is 0 Å². The fourth-order valence-electron chi connectivity index (χ4n) is 6.90. The summed E-state index contributed by atoms with van der Waals surface area (Å²) < 4.78 is 0. The van der Waals surface area contributed by atoms with Gasteiger partial charge in [0.05, 0.1) is 0 Å². The third-order valence-corrected chi connectivity index (χ3v) is 7.38. The van der Waals surface area contributed by atoms with Crippen molar-refractivity contribution in [3.8, 4) is 0 Å². The molecule has 5 rings (SSSR count). The second kappa shape index (κ2) is 3.43. The molecule has 3 fully saturated rings. The molecule has 0 spiro atoms. The van der Waals surface area contributed by atoms with Crippen molar-refractivity contribution in [3.63, 3.8) is 0 Å². The summed E-state index contributed by atoms with van der Waals surface area (Å²) >= 11 is 0. The molecular weight excluding hydrogens is 252 g/mol. The molecule has 3 saturated carbocycles. The zero-order chi connectivity index (χ0) is 14.3. The molecule has 0 N–H and O–H groups in total. The molecule has 0 radical (unpaired) electrons. The highest BCUT2D eigenvalue weighted by molar-refractivity contribution is 5.65. The van der Waals surface area contributed by atoms with Crippen molar-refractivity contribution in [2.75, 3.05) is 0 Å². The lowest BCUT2D eigenvalue weighted by Crippen LogP contribution is -2.57. The Kier molecular flexibility index (Phi) is 1.96. The average molecular weight is 274 g/mol. The Bertz CT molecular complexity index is 638. The summed E-state index contributed by atoms with van der Waals surface area (Å²) in [6.45, 7) is 5.04. The first-order valence-corrected chi connectivity index (χ1v) is 8.30. The van der Waals surface area contributed by atoms with Crippen molar-refractivity contribution in [2.45, 2.75) is 37.5 Å². The highest BCUT2D eigenvalue weighted by Gasteiger charge is 2.96. The van der Waals surface area contributed by atoms with Gasteiger partial charge in [-0.25, -0.2) is 0 Å². The van der Waals surface area contributed by atoms with Crippen LogP contribution < -0.4 is 0 Å². The van der Waals surface area contributed by atoms with Crippen LogP contribution in [0.1, 0.15) is 37.8 Å². The highest BCUT2D eigenvalue weighted by atomic mass is 15.0. The molecule has 0 aliphatic heterocycles. The maximum atomic E-state index is 2.52. The first-order chi connectivity index (χ1) is 10.2. The van der Waals surface area contributed by atoms with Gasteiger partial charge in [-0.2, -0.15) is 0 Å². The van der Waals surface area contributed by atoms with Crippen molar-refractivity contribution in [3.05, 3.63) is 71.8 Å². The molecular formula is C21H22. The summed E-state index contributed by atoms with van der Waals surface area (Å²) in [6.07, 6.45) is 2.86. The summed E-state index contributed by atoms with van der Waals surface area (Å²) in [4.78, 5) is 0. The highest BCUT2D eigenvalue weighted by Crippen LogP contribution is 2.96. The minimum atomic E-state index is 0.383. The van der Waals surface area contributed by atoms with Crippen LogP contribution in [0, 0.1) is 17.3 Å². The molecule has 3 aliphatic carbocycles. The molecule has 0 amide bonds. The van der Waals surface area contributed by atoms with Crippen molar-refractivity contribution < 1.29 is 0 Å². The maximum Gasteiger partial charge on any atom is 0.0149 e. The Labute approximate surface area is 127 Å². The van der Waals surface area contributed by atoms with E-state index in [1.807, 2.05) is 0 Å². The van der Waals surface area contributed by atoms with Gasteiger partial charge in [0.2, 0.25) is 0 Å². The zero-order valence-corrected chi connectivity index (χ0v) is 12.8. The lowest BCUT2D eigenvalue weighted by Gasteiger charge is -2.59. The second-order valence-corrected chi connectivity index (χ2v) is 7.76. The number of hydrogen-bond donors (Lipinski definition) is 0. The van der Waals surface area contributed by atoms with Crippen LogP contribution >= 0.6 is 0 Å². The van der Waals surface area contributed by atoms with Crippen LogP contribution in [0.15, 0.2) is 60.7 Å². The molecule has 21 heavy (non-hydrogen) atoms. The van der Waals surface area contributed by atoms with Crippen LogP contribution in [0.2, 0.25) is 0 Å². The molecule has 4 atom stereocenters. The van der Waals surface area contributed by atoms with E-state index in [4.69, 9.17) is 0 Å². The predicted molar refractivity (Wildman–Crippen MR) is 86.2 cm³/mol. The van der Waals surface area contributed by atoms with Gasteiger partial charge in [-0.1, -0.05) is 74.5 Å².